The molecule has 13 rings (SSSR count). The second-order valence-electron chi connectivity index (χ2n) is 27.7. The van der Waals surface area contributed by atoms with Gasteiger partial charge in [-0.3, -0.25) is 0 Å². The van der Waals surface area contributed by atoms with Crippen molar-refractivity contribution >= 4 is 57.2 Å². The molecule has 0 radical (unpaired) electrons. The van der Waals surface area contributed by atoms with Gasteiger partial charge in [-0.25, -0.2) is 0 Å². The molecule has 0 unspecified atom stereocenters. The molecule has 0 aromatic heterocycles. The average Bonchev–Trinajstić information content (AvgIpc) is 3.22. The maximum absolute atomic E-state index is 9.42. The van der Waals surface area contributed by atoms with Crippen molar-refractivity contribution in [1.29, 1.82) is 0 Å². The molecule has 4 aliphatic rings. The van der Waals surface area contributed by atoms with Gasteiger partial charge >= 0.3 is 0 Å². The molecular weight excluding hydrogens is 964 g/mol. The zero-order valence-electron chi connectivity index (χ0n) is 52.3. The van der Waals surface area contributed by atoms with Crippen molar-refractivity contribution in [2.24, 2.45) is 0 Å². The molecule has 2 nitrogen and oxygen atoms in total. The Balaban J connectivity index is 1.15. The summed E-state index contributed by atoms with van der Waals surface area (Å²) in [5.41, 5.74) is 24.0. The number of rotatable bonds is 8. The molecule has 0 spiro atoms. The number of anilines is 6. The van der Waals surface area contributed by atoms with Crippen LogP contribution in [-0.2, 0) is 32.5 Å². The van der Waals surface area contributed by atoms with Crippen LogP contribution in [0, 0.1) is 6.85 Å². The second kappa shape index (κ2) is 18.3. The van der Waals surface area contributed by atoms with Gasteiger partial charge in [0, 0.05) is 48.9 Å². The molecular formula is C77H79BN2. The number of nitrogens with zero attached hydrogens (tertiary/aromatic N) is 2. The number of aryl methyl sites for hydroxylation is 1. The van der Waals surface area contributed by atoms with E-state index in [1.165, 1.54) is 61.0 Å². The quantitative estimate of drug-likeness (QED) is 0.140. The summed E-state index contributed by atoms with van der Waals surface area (Å²) < 4.78 is 28.3. The number of hydrogen-bond acceptors (Lipinski definition) is 2. The van der Waals surface area contributed by atoms with Gasteiger partial charge in [0.25, 0.3) is 6.71 Å². The van der Waals surface area contributed by atoms with Crippen LogP contribution in [0.5, 0.6) is 0 Å². The van der Waals surface area contributed by atoms with E-state index in [1.807, 2.05) is 12.1 Å². The van der Waals surface area contributed by atoms with Crippen molar-refractivity contribution in [2.75, 3.05) is 9.80 Å². The van der Waals surface area contributed by atoms with Crippen LogP contribution in [0.4, 0.5) is 34.1 Å². The molecule has 0 fully saturated rings. The molecule has 0 amide bonds. The van der Waals surface area contributed by atoms with E-state index in [1.54, 1.807) is 0 Å². The van der Waals surface area contributed by atoms with Crippen LogP contribution in [0.3, 0.4) is 0 Å². The predicted molar refractivity (Wildman–Crippen MR) is 344 cm³/mol. The third-order valence-corrected chi connectivity index (χ3v) is 20.1. The molecule has 0 atom stereocenters. The van der Waals surface area contributed by atoms with E-state index < -0.39 is 6.85 Å². The van der Waals surface area contributed by atoms with E-state index >= 15 is 0 Å². The Hall–Kier alpha value is -7.36. The SMILES string of the molecule is [2H]C([2H])([2H])c1cc2c3c(c1)N(c1ccc(C(C)(C)c4ccccc4)cc1-c1ccc(-c4ccccc4)cc1)c1ccc(C(C)(C)c4ccccc4)cc1B3c1cc3c(cc1N2c1ccc2c(c1)C(C)(C)CCC2(C)C)C(C)(C)CCC3(C)C. The molecule has 0 N–H and O–H groups in total. The predicted octanol–water partition coefficient (Wildman–Crippen LogP) is 18.8. The van der Waals surface area contributed by atoms with Gasteiger partial charge in [-0.1, -0.05) is 229 Å². The topological polar surface area (TPSA) is 6.48 Å². The highest BCUT2D eigenvalue weighted by atomic mass is 15.2. The Kier molecular flexibility index (Phi) is 11.1. The first-order valence-corrected chi connectivity index (χ1v) is 29.4. The summed E-state index contributed by atoms with van der Waals surface area (Å²) in [4.78, 5) is 4.94. The van der Waals surface area contributed by atoms with Crippen molar-refractivity contribution in [3.05, 3.63) is 244 Å². The zero-order chi connectivity index (χ0) is 58.4. The van der Waals surface area contributed by atoms with E-state index in [4.69, 9.17) is 0 Å². The lowest BCUT2D eigenvalue weighted by Crippen LogP contribution is -2.62. The molecule has 80 heavy (non-hydrogen) atoms. The van der Waals surface area contributed by atoms with E-state index in [-0.39, 0.29) is 39.2 Å². The van der Waals surface area contributed by atoms with Gasteiger partial charge in [-0.15, -0.1) is 0 Å². The van der Waals surface area contributed by atoms with Crippen molar-refractivity contribution in [2.45, 2.75) is 148 Å². The zero-order valence-corrected chi connectivity index (χ0v) is 49.3. The lowest BCUT2D eigenvalue weighted by atomic mass is 9.33. The molecule has 9 aromatic rings. The van der Waals surface area contributed by atoms with Crippen molar-refractivity contribution in [3.8, 4) is 22.3 Å². The Morgan fingerprint density at radius 1 is 0.375 bits per heavy atom. The van der Waals surface area contributed by atoms with Crippen molar-refractivity contribution in [3.63, 3.8) is 0 Å². The van der Waals surface area contributed by atoms with Gasteiger partial charge in [0.1, 0.15) is 0 Å². The first-order chi connectivity index (χ1) is 39.3. The number of fused-ring (bicyclic) bond motifs is 6. The van der Waals surface area contributed by atoms with Crippen LogP contribution in [0.2, 0.25) is 0 Å². The van der Waals surface area contributed by atoms with Crippen LogP contribution in [-0.4, -0.2) is 6.71 Å². The summed E-state index contributed by atoms with van der Waals surface area (Å²) in [5, 5.41) is 0. The van der Waals surface area contributed by atoms with E-state index in [0.29, 0.717) is 5.56 Å². The summed E-state index contributed by atoms with van der Waals surface area (Å²) in [5.74, 6) is 0. The largest absolute Gasteiger partial charge is 0.311 e. The summed E-state index contributed by atoms with van der Waals surface area (Å²) in [6.07, 6.45) is 4.37. The minimum absolute atomic E-state index is 0.0180. The smallest absolute Gasteiger partial charge is 0.252 e. The third-order valence-electron chi connectivity index (χ3n) is 20.1. The summed E-state index contributed by atoms with van der Waals surface area (Å²) in [6.45, 7) is 26.0. The summed E-state index contributed by atoms with van der Waals surface area (Å²) in [7, 11) is 0. The number of hydrogen-bond donors (Lipinski definition) is 0. The van der Waals surface area contributed by atoms with Gasteiger partial charge in [0.2, 0.25) is 0 Å². The highest BCUT2D eigenvalue weighted by Gasteiger charge is 2.48. The first kappa shape index (κ1) is 48.5. The molecule has 400 valence electrons. The Morgan fingerprint density at radius 3 is 1.41 bits per heavy atom. The monoisotopic (exact) mass is 1050 g/mol. The third kappa shape index (κ3) is 8.26. The van der Waals surface area contributed by atoms with Gasteiger partial charge in [0.05, 0.1) is 5.69 Å². The van der Waals surface area contributed by atoms with Crippen molar-refractivity contribution < 1.29 is 4.11 Å². The normalized spacial score (nSPS) is 17.9. The van der Waals surface area contributed by atoms with E-state index in [0.717, 1.165) is 82.0 Å². The Morgan fingerprint density at radius 2 is 0.838 bits per heavy atom. The van der Waals surface area contributed by atoms with Gasteiger partial charge in [-0.2, -0.15) is 0 Å². The molecule has 2 heterocycles. The fraction of sp³-hybridized carbons (Fsp3) is 0.299. The molecule has 0 saturated heterocycles. The molecule has 3 heteroatoms. The number of benzene rings is 9. The van der Waals surface area contributed by atoms with E-state index in [2.05, 4.69) is 275 Å². The van der Waals surface area contributed by atoms with E-state index in [9.17, 15) is 4.11 Å². The fourth-order valence-electron chi connectivity index (χ4n) is 14.6. The summed E-state index contributed by atoms with van der Waals surface area (Å²) in [6, 6.07) is 72.1. The average molecular weight is 1050 g/mol. The standard InChI is InChI=1S/C77H79BN2/c1-50-43-69-71-70(44-50)80(66-37-33-56(76(10,11)54-25-19-15-20-26-54)45-59(66)53-31-29-52(30-32-53)51-23-17-14-18-24-51)67-38-34-57(77(12,13)55-27-21-16-22-28-55)46-64(67)78(71)65-48-62-63(75(8,9)42-41-74(62,6)7)49-68(65)79(69)58-35-36-60-61(47-58)73(4,5)40-39-72(60,2)3/h14-38,43-49H,39-42H2,1-13H3/i1D3. The molecule has 0 bridgehead atoms. The molecule has 9 aromatic carbocycles. The van der Waals surface area contributed by atoms with Crippen LogP contribution in [0.25, 0.3) is 22.3 Å². The first-order valence-electron chi connectivity index (χ1n) is 30.9. The highest BCUT2D eigenvalue weighted by Crippen LogP contribution is 2.54. The lowest BCUT2D eigenvalue weighted by Gasteiger charge is -2.48. The van der Waals surface area contributed by atoms with Crippen LogP contribution < -0.4 is 26.2 Å². The minimum atomic E-state index is -2.42. The van der Waals surface area contributed by atoms with Gasteiger partial charge < -0.3 is 9.80 Å². The van der Waals surface area contributed by atoms with Crippen LogP contribution >= 0.6 is 0 Å². The van der Waals surface area contributed by atoms with Crippen molar-refractivity contribution in [1.82, 2.24) is 0 Å². The maximum Gasteiger partial charge on any atom is 0.252 e. The van der Waals surface area contributed by atoms with Gasteiger partial charge in [-0.05, 0) is 186 Å². The maximum atomic E-state index is 9.42. The van der Waals surface area contributed by atoms with Gasteiger partial charge in [0.15, 0.2) is 0 Å². The Labute approximate surface area is 483 Å². The molecule has 0 saturated carbocycles. The Bertz CT molecular complexity index is 4020. The molecule has 2 aliphatic heterocycles. The minimum Gasteiger partial charge on any atom is -0.311 e. The summed E-state index contributed by atoms with van der Waals surface area (Å²) >= 11 is 0. The highest BCUT2D eigenvalue weighted by molar-refractivity contribution is 7.00. The van der Waals surface area contributed by atoms with Crippen LogP contribution in [0.15, 0.2) is 194 Å². The fourth-order valence-corrected chi connectivity index (χ4v) is 14.6. The second-order valence-corrected chi connectivity index (χ2v) is 27.7. The molecule has 2 aliphatic carbocycles. The van der Waals surface area contributed by atoms with Crippen LogP contribution in [0.1, 0.15) is 163 Å². The lowest BCUT2D eigenvalue weighted by molar-refractivity contribution is 0.332.